The van der Waals surface area contributed by atoms with Crippen LogP contribution in [0.2, 0.25) is 5.02 Å². The number of hydrogen-bond acceptors (Lipinski definition) is 2. The van der Waals surface area contributed by atoms with Crippen molar-refractivity contribution in [3.8, 4) is 5.75 Å². The van der Waals surface area contributed by atoms with Gasteiger partial charge < -0.3 is 10.1 Å². The summed E-state index contributed by atoms with van der Waals surface area (Å²) in [6.07, 6.45) is 0.0412. The lowest BCUT2D eigenvalue weighted by atomic mass is 10.2. The van der Waals surface area contributed by atoms with Crippen LogP contribution in [-0.4, -0.2) is 12.0 Å². The van der Waals surface area contributed by atoms with E-state index in [4.69, 9.17) is 16.3 Å². The van der Waals surface area contributed by atoms with Crippen molar-refractivity contribution in [1.29, 1.82) is 0 Å². The van der Waals surface area contributed by atoms with Crippen molar-refractivity contribution in [1.82, 2.24) is 0 Å². The summed E-state index contributed by atoms with van der Waals surface area (Å²) in [6, 6.07) is 13.1. The Morgan fingerprint density at radius 3 is 2.68 bits per heavy atom. The largest absolute Gasteiger partial charge is 0.481 e. The van der Waals surface area contributed by atoms with E-state index in [1.54, 1.807) is 12.1 Å². The maximum Gasteiger partial charge on any atom is 0.265 e. The molecule has 0 fully saturated rings. The van der Waals surface area contributed by atoms with Crippen molar-refractivity contribution in [2.24, 2.45) is 0 Å². The highest BCUT2D eigenvalue weighted by molar-refractivity contribution is 6.31. The molecule has 0 unspecified atom stereocenters. The lowest BCUT2D eigenvalue weighted by molar-refractivity contribution is -0.122. The average Bonchev–Trinajstić information content (AvgIpc) is 2.48. The monoisotopic (exact) mass is 317 g/mol. The summed E-state index contributed by atoms with van der Waals surface area (Å²) >= 11 is 5.98. The first-order valence-electron chi connectivity index (χ1n) is 7.30. The quantitative estimate of drug-likeness (QED) is 0.864. The van der Waals surface area contributed by atoms with Gasteiger partial charge in [0.1, 0.15) is 5.75 Å². The number of rotatable bonds is 5. The summed E-state index contributed by atoms with van der Waals surface area (Å²) in [6.45, 7) is 5.84. The Balaban J connectivity index is 2.10. The van der Waals surface area contributed by atoms with Crippen LogP contribution in [-0.2, 0) is 4.79 Å². The van der Waals surface area contributed by atoms with Gasteiger partial charge in [-0.05, 0) is 55.7 Å². The fourth-order valence-corrected chi connectivity index (χ4v) is 2.29. The van der Waals surface area contributed by atoms with Crippen LogP contribution in [0.5, 0.6) is 5.75 Å². The van der Waals surface area contributed by atoms with E-state index in [0.717, 1.165) is 11.1 Å². The molecular formula is C18H20ClNO2. The molecule has 3 nitrogen and oxygen atoms in total. The highest BCUT2D eigenvalue weighted by atomic mass is 35.5. The highest BCUT2D eigenvalue weighted by Gasteiger charge is 2.19. The first kappa shape index (κ1) is 16.4. The lowest BCUT2D eigenvalue weighted by Crippen LogP contribution is -2.32. The summed E-state index contributed by atoms with van der Waals surface area (Å²) in [5.74, 6) is 0.527. The Morgan fingerprint density at radius 2 is 2.00 bits per heavy atom. The van der Waals surface area contributed by atoms with Gasteiger partial charge in [-0.3, -0.25) is 4.79 Å². The van der Waals surface area contributed by atoms with Crippen LogP contribution in [0.15, 0.2) is 42.5 Å². The topological polar surface area (TPSA) is 38.3 Å². The van der Waals surface area contributed by atoms with Gasteiger partial charge >= 0.3 is 0 Å². The predicted molar refractivity (Wildman–Crippen MR) is 90.7 cm³/mol. The molecule has 0 bridgehead atoms. The summed E-state index contributed by atoms with van der Waals surface area (Å²) < 4.78 is 5.80. The molecule has 2 rings (SSSR count). The molecule has 1 amide bonds. The highest BCUT2D eigenvalue weighted by Crippen LogP contribution is 2.21. The molecular weight excluding hydrogens is 298 g/mol. The lowest BCUT2D eigenvalue weighted by Gasteiger charge is -2.18. The van der Waals surface area contributed by atoms with Crippen molar-refractivity contribution in [3.05, 3.63) is 58.6 Å². The van der Waals surface area contributed by atoms with Crippen LogP contribution in [0.25, 0.3) is 0 Å². The van der Waals surface area contributed by atoms with Gasteiger partial charge in [-0.15, -0.1) is 0 Å². The number of hydrogen-bond donors (Lipinski definition) is 1. The van der Waals surface area contributed by atoms with Crippen LogP contribution < -0.4 is 10.1 Å². The first-order valence-corrected chi connectivity index (χ1v) is 7.67. The van der Waals surface area contributed by atoms with Crippen LogP contribution in [0.4, 0.5) is 5.69 Å². The number of anilines is 1. The van der Waals surface area contributed by atoms with E-state index < -0.39 is 6.10 Å². The summed E-state index contributed by atoms with van der Waals surface area (Å²) in [7, 11) is 0. The molecule has 0 aliphatic rings. The molecule has 116 valence electrons. The molecule has 0 heterocycles. The Labute approximate surface area is 136 Å². The predicted octanol–water partition coefficient (Wildman–Crippen LogP) is 4.75. The van der Waals surface area contributed by atoms with Crippen molar-refractivity contribution in [2.45, 2.75) is 33.3 Å². The number of amides is 1. The zero-order valence-corrected chi connectivity index (χ0v) is 13.8. The second kappa shape index (κ2) is 7.32. The van der Waals surface area contributed by atoms with Gasteiger partial charge in [0, 0.05) is 10.7 Å². The molecule has 0 saturated heterocycles. The third-order valence-corrected chi connectivity index (χ3v) is 3.62. The number of halogens is 1. The van der Waals surface area contributed by atoms with Gasteiger partial charge in [0.05, 0.1) is 0 Å². The summed E-state index contributed by atoms with van der Waals surface area (Å²) in [5.41, 5.74) is 2.77. The zero-order chi connectivity index (χ0) is 16.1. The Kier molecular flexibility index (Phi) is 5.45. The fourth-order valence-electron chi connectivity index (χ4n) is 2.12. The standard InChI is InChI=1S/C18H20ClNO2/c1-4-17(22-15-7-5-6-12(2)10-15)18(21)20-16-11-14(19)9-8-13(16)3/h5-11,17H,4H2,1-3H3,(H,20,21)/t17-/m1/s1. The van der Waals surface area contributed by atoms with Crippen molar-refractivity contribution < 1.29 is 9.53 Å². The minimum Gasteiger partial charge on any atom is -0.481 e. The molecule has 4 heteroatoms. The second-order valence-corrected chi connectivity index (χ2v) is 5.72. The van der Waals surface area contributed by atoms with E-state index in [-0.39, 0.29) is 5.91 Å². The molecule has 2 aromatic rings. The number of benzene rings is 2. The number of nitrogens with one attached hydrogen (secondary N) is 1. The minimum absolute atomic E-state index is 0.172. The van der Waals surface area contributed by atoms with Crippen molar-refractivity contribution >= 4 is 23.2 Å². The smallest absolute Gasteiger partial charge is 0.265 e. The number of carbonyl (C=O) groups excluding carboxylic acids is 1. The minimum atomic E-state index is -0.541. The van der Waals surface area contributed by atoms with E-state index in [1.165, 1.54) is 0 Å². The molecule has 0 spiro atoms. The molecule has 1 N–H and O–H groups in total. The summed E-state index contributed by atoms with van der Waals surface area (Å²) in [5, 5.41) is 3.48. The summed E-state index contributed by atoms with van der Waals surface area (Å²) in [4.78, 5) is 12.4. The zero-order valence-electron chi connectivity index (χ0n) is 13.0. The van der Waals surface area contributed by atoms with Gasteiger partial charge in [-0.1, -0.05) is 36.7 Å². The van der Waals surface area contributed by atoms with Crippen LogP contribution in [0.1, 0.15) is 24.5 Å². The van der Waals surface area contributed by atoms with Gasteiger partial charge in [0.25, 0.3) is 5.91 Å². The van der Waals surface area contributed by atoms with E-state index in [1.807, 2.05) is 51.1 Å². The van der Waals surface area contributed by atoms with Gasteiger partial charge in [-0.25, -0.2) is 0 Å². The molecule has 0 aliphatic carbocycles. The van der Waals surface area contributed by atoms with Gasteiger partial charge in [0.15, 0.2) is 6.10 Å². The van der Waals surface area contributed by atoms with E-state index in [9.17, 15) is 4.79 Å². The van der Waals surface area contributed by atoms with E-state index in [0.29, 0.717) is 22.9 Å². The number of carbonyl (C=O) groups is 1. The van der Waals surface area contributed by atoms with E-state index in [2.05, 4.69) is 5.32 Å². The second-order valence-electron chi connectivity index (χ2n) is 5.28. The molecule has 0 aromatic heterocycles. The molecule has 0 saturated carbocycles. The van der Waals surface area contributed by atoms with Crippen molar-refractivity contribution in [3.63, 3.8) is 0 Å². The van der Waals surface area contributed by atoms with Gasteiger partial charge in [0.2, 0.25) is 0 Å². The van der Waals surface area contributed by atoms with Crippen LogP contribution in [0, 0.1) is 13.8 Å². The molecule has 1 atom stereocenters. The van der Waals surface area contributed by atoms with Gasteiger partial charge in [-0.2, -0.15) is 0 Å². The van der Waals surface area contributed by atoms with Crippen molar-refractivity contribution in [2.75, 3.05) is 5.32 Å². The Morgan fingerprint density at radius 1 is 1.23 bits per heavy atom. The Bertz CT molecular complexity index is 670. The SMILES string of the molecule is CC[C@@H](Oc1cccc(C)c1)C(=O)Nc1cc(Cl)ccc1C. The third-order valence-electron chi connectivity index (χ3n) is 3.39. The average molecular weight is 318 g/mol. The fraction of sp³-hybridized carbons (Fsp3) is 0.278. The normalized spacial score (nSPS) is 11.8. The van der Waals surface area contributed by atoms with E-state index >= 15 is 0 Å². The first-order chi connectivity index (χ1) is 10.5. The third kappa shape index (κ3) is 4.25. The van der Waals surface area contributed by atoms with Crippen LogP contribution >= 0.6 is 11.6 Å². The molecule has 2 aromatic carbocycles. The number of ether oxygens (including phenoxy) is 1. The maximum atomic E-state index is 12.4. The molecule has 0 aliphatic heterocycles. The Hall–Kier alpha value is -2.00. The number of aryl methyl sites for hydroxylation is 2. The molecule has 22 heavy (non-hydrogen) atoms. The maximum absolute atomic E-state index is 12.4. The molecule has 0 radical (unpaired) electrons. The van der Waals surface area contributed by atoms with Crippen LogP contribution in [0.3, 0.4) is 0 Å².